The quantitative estimate of drug-likeness (QED) is 0.835. The number of hydrogen-bond acceptors (Lipinski definition) is 2. The van der Waals surface area contributed by atoms with Crippen LogP contribution in [-0.4, -0.2) is 34.9 Å². The summed E-state index contributed by atoms with van der Waals surface area (Å²) in [7, 11) is 0. The van der Waals surface area contributed by atoms with Gasteiger partial charge in [-0.3, -0.25) is 4.79 Å². The fraction of sp³-hybridized carbons (Fsp3) is 0.688. The summed E-state index contributed by atoms with van der Waals surface area (Å²) in [6, 6.07) is 2.10. The molecule has 0 amide bonds. The van der Waals surface area contributed by atoms with Gasteiger partial charge < -0.3 is 9.47 Å². The zero-order valence-electron chi connectivity index (χ0n) is 12.0. The van der Waals surface area contributed by atoms with Crippen LogP contribution in [0, 0.1) is 6.92 Å². The van der Waals surface area contributed by atoms with Crippen LogP contribution >= 0.6 is 0 Å². The maximum atomic E-state index is 11.9. The molecule has 1 aliphatic carbocycles. The first-order valence-corrected chi connectivity index (χ1v) is 7.70. The lowest BCUT2D eigenvalue weighted by Crippen LogP contribution is -2.33. The van der Waals surface area contributed by atoms with Crippen LogP contribution in [0.15, 0.2) is 6.07 Å². The van der Waals surface area contributed by atoms with Gasteiger partial charge in [-0.1, -0.05) is 6.42 Å². The second-order valence-electron chi connectivity index (χ2n) is 5.98. The second-order valence-corrected chi connectivity index (χ2v) is 5.98. The lowest BCUT2D eigenvalue weighted by molar-refractivity contribution is 0.0971. The van der Waals surface area contributed by atoms with E-state index >= 15 is 0 Å². The minimum Gasteiger partial charge on any atom is -0.347 e. The third-order valence-corrected chi connectivity index (χ3v) is 4.62. The number of aromatic nitrogens is 1. The smallest absolute Gasteiger partial charge is 0.164 e. The summed E-state index contributed by atoms with van der Waals surface area (Å²) in [5, 5.41) is 0. The van der Waals surface area contributed by atoms with Gasteiger partial charge in [0, 0.05) is 36.5 Å². The Balaban J connectivity index is 1.72. The van der Waals surface area contributed by atoms with Crippen molar-refractivity contribution in [3.05, 3.63) is 23.0 Å². The van der Waals surface area contributed by atoms with Gasteiger partial charge in [-0.2, -0.15) is 0 Å². The number of ketones is 1. The largest absolute Gasteiger partial charge is 0.347 e. The van der Waals surface area contributed by atoms with E-state index in [0.29, 0.717) is 5.78 Å². The molecule has 3 rings (SSSR count). The number of piperidine rings is 1. The highest BCUT2D eigenvalue weighted by Crippen LogP contribution is 2.25. The molecule has 2 heterocycles. The second kappa shape index (κ2) is 5.49. The minimum absolute atomic E-state index is 0.348. The van der Waals surface area contributed by atoms with E-state index in [0.717, 1.165) is 37.9 Å². The number of fused-ring (bicyclic) bond motifs is 1. The van der Waals surface area contributed by atoms with E-state index in [1.165, 1.54) is 43.7 Å². The fourth-order valence-electron chi connectivity index (χ4n) is 3.53. The molecular formula is C16H24N2O. The van der Waals surface area contributed by atoms with E-state index in [-0.39, 0.29) is 0 Å². The van der Waals surface area contributed by atoms with Crippen LogP contribution in [0.1, 0.15) is 53.8 Å². The molecule has 2 aliphatic rings. The number of carbonyl (C=O) groups excluding carboxylic acids is 1. The number of likely N-dealkylation sites (tertiary alicyclic amines) is 1. The van der Waals surface area contributed by atoms with Crippen molar-refractivity contribution >= 4 is 5.78 Å². The molecule has 1 aromatic heterocycles. The van der Waals surface area contributed by atoms with Crippen molar-refractivity contribution in [2.45, 2.75) is 52.0 Å². The molecule has 0 spiro atoms. The molecule has 104 valence electrons. The topological polar surface area (TPSA) is 25.2 Å². The number of rotatable bonds is 3. The Morgan fingerprint density at radius 3 is 2.63 bits per heavy atom. The van der Waals surface area contributed by atoms with Crippen LogP contribution < -0.4 is 0 Å². The highest BCUT2D eigenvalue weighted by atomic mass is 16.1. The van der Waals surface area contributed by atoms with Crippen LogP contribution in [0.5, 0.6) is 0 Å². The molecule has 1 fully saturated rings. The summed E-state index contributed by atoms with van der Waals surface area (Å²) in [4.78, 5) is 14.5. The van der Waals surface area contributed by atoms with Gasteiger partial charge in [0.1, 0.15) is 0 Å². The van der Waals surface area contributed by atoms with Gasteiger partial charge in [-0.05, 0) is 51.8 Å². The standard InChI is InChI=1S/C16H24N2O/c1-13-12-14-15(6-5-7-16(14)19)18(13)11-10-17-8-3-2-4-9-17/h12H,2-11H2,1H3. The molecule has 0 N–H and O–H groups in total. The molecule has 1 aliphatic heterocycles. The number of hydrogen-bond donors (Lipinski definition) is 0. The van der Waals surface area contributed by atoms with Crippen LogP contribution in [0.4, 0.5) is 0 Å². The van der Waals surface area contributed by atoms with Crippen molar-refractivity contribution < 1.29 is 4.79 Å². The summed E-state index contributed by atoms with van der Waals surface area (Å²) in [5.41, 5.74) is 3.56. The van der Waals surface area contributed by atoms with Crippen molar-refractivity contribution in [1.29, 1.82) is 0 Å². The number of carbonyl (C=O) groups is 1. The summed E-state index contributed by atoms with van der Waals surface area (Å²) in [6.07, 6.45) is 6.93. The molecule has 3 heteroatoms. The molecule has 0 aromatic carbocycles. The van der Waals surface area contributed by atoms with Gasteiger partial charge in [0.25, 0.3) is 0 Å². The monoisotopic (exact) mass is 260 g/mol. The van der Waals surface area contributed by atoms with Gasteiger partial charge in [0.05, 0.1) is 0 Å². The van der Waals surface area contributed by atoms with Gasteiger partial charge in [0.15, 0.2) is 5.78 Å². The molecule has 19 heavy (non-hydrogen) atoms. The molecule has 0 radical (unpaired) electrons. The van der Waals surface area contributed by atoms with Crippen LogP contribution in [0.3, 0.4) is 0 Å². The summed E-state index contributed by atoms with van der Waals surface area (Å²) in [6.45, 7) is 6.83. The van der Waals surface area contributed by atoms with Crippen molar-refractivity contribution in [3.8, 4) is 0 Å². The Bertz CT molecular complexity index is 469. The summed E-state index contributed by atoms with van der Waals surface area (Å²) in [5.74, 6) is 0.348. The molecule has 3 nitrogen and oxygen atoms in total. The molecule has 0 atom stereocenters. The lowest BCUT2D eigenvalue weighted by atomic mass is 9.97. The van der Waals surface area contributed by atoms with E-state index < -0.39 is 0 Å². The van der Waals surface area contributed by atoms with Gasteiger partial charge >= 0.3 is 0 Å². The molecule has 0 saturated carbocycles. The first-order chi connectivity index (χ1) is 9.25. The van der Waals surface area contributed by atoms with Crippen molar-refractivity contribution in [1.82, 2.24) is 9.47 Å². The summed E-state index contributed by atoms with van der Waals surface area (Å²) >= 11 is 0. The first kappa shape index (κ1) is 12.9. The zero-order chi connectivity index (χ0) is 13.2. The SMILES string of the molecule is Cc1cc2c(n1CCN1CCCCC1)CCCC2=O. The van der Waals surface area contributed by atoms with Gasteiger partial charge in [-0.25, -0.2) is 0 Å². The van der Waals surface area contributed by atoms with Crippen molar-refractivity contribution in [2.24, 2.45) is 0 Å². The number of nitrogens with zero attached hydrogens (tertiary/aromatic N) is 2. The predicted molar refractivity (Wildman–Crippen MR) is 76.7 cm³/mol. The minimum atomic E-state index is 0.348. The third kappa shape index (κ3) is 2.62. The molecule has 0 unspecified atom stereocenters. The average molecular weight is 260 g/mol. The van der Waals surface area contributed by atoms with Gasteiger partial charge in [-0.15, -0.1) is 0 Å². The Morgan fingerprint density at radius 1 is 1.05 bits per heavy atom. The highest BCUT2D eigenvalue weighted by molar-refractivity contribution is 5.98. The molecular weight excluding hydrogens is 236 g/mol. The highest BCUT2D eigenvalue weighted by Gasteiger charge is 2.22. The first-order valence-electron chi connectivity index (χ1n) is 7.70. The van der Waals surface area contributed by atoms with E-state index in [9.17, 15) is 4.79 Å². The van der Waals surface area contributed by atoms with E-state index in [2.05, 4.69) is 22.5 Å². The number of aryl methyl sites for hydroxylation is 1. The van der Waals surface area contributed by atoms with E-state index in [1.807, 2.05) is 0 Å². The lowest BCUT2D eigenvalue weighted by Gasteiger charge is -2.27. The Kier molecular flexibility index (Phi) is 3.74. The van der Waals surface area contributed by atoms with Crippen LogP contribution in [0.25, 0.3) is 0 Å². The zero-order valence-corrected chi connectivity index (χ0v) is 12.0. The van der Waals surface area contributed by atoms with Crippen molar-refractivity contribution in [3.63, 3.8) is 0 Å². The number of Topliss-reactive ketones (excluding diaryl/α,β-unsaturated/α-hetero) is 1. The molecule has 1 aromatic rings. The third-order valence-electron chi connectivity index (χ3n) is 4.62. The fourth-order valence-corrected chi connectivity index (χ4v) is 3.53. The van der Waals surface area contributed by atoms with Crippen LogP contribution in [0.2, 0.25) is 0 Å². The Hall–Kier alpha value is -1.09. The maximum Gasteiger partial charge on any atom is 0.164 e. The van der Waals surface area contributed by atoms with E-state index in [4.69, 9.17) is 0 Å². The molecule has 0 bridgehead atoms. The Morgan fingerprint density at radius 2 is 1.84 bits per heavy atom. The maximum absolute atomic E-state index is 11.9. The average Bonchev–Trinajstić information content (AvgIpc) is 2.75. The summed E-state index contributed by atoms with van der Waals surface area (Å²) < 4.78 is 2.39. The van der Waals surface area contributed by atoms with Gasteiger partial charge in [0.2, 0.25) is 0 Å². The molecule has 1 saturated heterocycles. The normalized spacial score (nSPS) is 20.6. The predicted octanol–water partition coefficient (Wildman–Crippen LogP) is 2.80. The Labute approximate surface area is 115 Å². The van der Waals surface area contributed by atoms with E-state index in [1.54, 1.807) is 0 Å². The van der Waals surface area contributed by atoms with Crippen molar-refractivity contribution in [2.75, 3.05) is 19.6 Å². The van der Waals surface area contributed by atoms with Crippen LogP contribution in [-0.2, 0) is 13.0 Å².